The average Bonchev–Trinajstić information content (AvgIpc) is 2.67. The summed E-state index contributed by atoms with van der Waals surface area (Å²) in [6, 6.07) is 1.27. The topological polar surface area (TPSA) is 57.8 Å². The van der Waals surface area contributed by atoms with Crippen LogP contribution < -0.4 is 5.32 Å². The lowest BCUT2D eigenvalue weighted by Crippen LogP contribution is -2.14. The summed E-state index contributed by atoms with van der Waals surface area (Å²) in [5, 5.41) is 8.98. The third kappa shape index (κ3) is 2.44. The number of hydrogen-bond acceptors (Lipinski definition) is 2. The number of halogens is 3. The molecule has 0 aliphatic rings. The van der Waals surface area contributed by atoms with E-state index in [9.17, 15) is 18.0 Å². The van der Waals surface area contributed by atoms with Crippen molar-refractivity contribution in [2.75, 3.05) is 5.32 Å². The summed E-state index contributed by atoms with van der Waals surface area (Å²) < 4.78 is 38.8. The molecule has 0 radical (unpaired) electrons. The molecule has 0 aliphatic heterocycles. The standard InChI is InChI=1S/C12H10F3N3O/c1-5-11(6(2)18-17-5)16-12(19)7-3-8(13)10(15)9(14)4-7/h3-4H,1-2H3,(H,16,19)(H,17,18). The Bertz CT molecular complexity index is 609. The highest BCUT2D eigenvalue weighted by Gasteiger charge is 2.17. The Labute approximate surface area is 106 Å². The molecule has 19 heavy (non-hydrogen) atoms. The van der Waals surface area contributed by atoms with E-state index < -0.39 is 23.4 Å². The van der Waals surface area contributed by atoms with Gasteiger partial charge in [0, 0.05) is 5.56 Å². The van der Waals surface area contributed by atoms with Crippen molar-refractivity contribution in [3.05, 3.63) is 46.5 Å². The molecule has 0 saturated heterocycles. The van der Waals surface area contributed by atoms with E-state index >= 15 is 0 Å². The zero-order valence-electron chi connectivity index (χ0n) is 10.1. The number of benzene rings is 1. The lowest BCUT2D eigenvalue weighted by molar-refractivity contribution is 0.102. The first-order valence-electron chi connectivity index (χ1n) is 5.37. The van der Waals surface area contributed by atoms with Gasteiger partial charge in [-0.15, -0.1) is 0 Å². The number of hydrogen-bond donors (Lipinski definition) is 2. The van der Waals surface area contributed by atoms with Crippen molar-refractivity contribution in [3.63, 3.8) is 0 Å². The van der Waals surface area contributed by atoms with Gasteiger partial charge in [0.2, 0.25) is 0 Å². The SMILES string of the molecule is Cc1n[nH]c(C)c1NC(=O)c1cc(F)c(F)c(F)c1. The van der Waals surface area contributed by atoms with Gasteiger partial charge in [-0.3, -0.25) is 9.89 Å². The summed E-state index contributed by atoms with van der Waals surface area (Å²) in [5.41, 5.74) is 1.26. The van der Waals surface area contributed by atoms with Crippen LogP contribution in [-0.2, 0) is 0 Å². The molecule has 1 aromatic heterocycles. The Morgan fingerprint density at radius 1 is 1.21 bits per heavy atom. The van der Waals surface area contributed by atoms with Crippen molar-refractivity contribution >= 4 is 11.6 Å². The van der Waals surface area contributed by atoms with Crippen molar-refractivity contribution in [1.82, 2.24) is 10.2 Å². The molecule has 0 atom stereocenters. The largest absolute Gasteiger partial charge is 0.319 e. The number of carbonyl (C=O) groups excluding carboxylic acids is 1. The Morgan fingerprint density at radius 3 is 2.26 bits per heavy atom. The summed E-state index contributed by atoms with van der Waals surface area (Å²) in [6.07, 6.45) is 0. The first-order valence-corrected chi connectivity index (χ1v) is 5.37. The van der Waals surface area contributed by atoms with Crippen molar-refractivity contribution < 1.29 is 18.0 Å². The Morgan fingerprint density at radius 2 is 1.79 bits per heavy atom. The fourth-order valence-corrected chi connectivity index (χ4v) is 1.61. The zero-order valence-corrected chi connectivity index (χ0v) is 10.1. The van der Waals surface area contributed by atoms with Crippen LogP contribution in [0.25, 0.3) is 0 Å². The number of aromatic nitrogens is 2. The number of anilines is 1. The van der Waals surface area contributed by atoms with Crippen molar-refractivity contribution in [3.8, 4) is 0 Å². The van der Waals surface area contributed by atoms with Gasteiger partial charge in [-0.1, -0.05) is 0 Å². The van der Waals surface area contributed by atoms with Gasteiger partial charge in [-0.25, -0.2) is 13.2 Å². The number of amides is 1. The molecule has 0 saturated carbocycles. The second-order valence-electron chi connectivity index (χ2n) is 4.02. The molecule has 100 valence electrons. The molecule has 0 fully saturated rings. The van der Waals surface area contributed by atoms with Crippen LogP contribution in [-0.4, -0.2) is 16.1 Å². The van der Waals surface area contributed by atoms with E-state index in [0.29, 0.717) is 29.2 Å². The van der Waals surface area contributed by atoms with Crippen LogP contribution in [0.15, 0.2) is 12.1 Å². The minimum atomic E-state index is -1.60. The molecule has 7 heteroatoms. The van der Waals surface area contributed by atoms with E-state index in [1.165, 1.54) is 0 Å². The van der Waals surface area contributed by atoms with Gasteiger partial charge in [-0.2, -0.15) is 5.10 Å². The predicted molar refractivity (Wildman–Crippen MR) is 62.3 cm³/mol. The average molecular weight is 269 g/mol. The quantitative estimate of drug-likeness (QED) is 0.823. The number of aromatic amines is 1. The molecule has 1 aromatic carbocycles. The zero-order chi connectivity index (χ0) is 14.2. The first-order chi connectivity index (χ1) is 8.90. The third-order valence-electron chi connectivity index (χ3n) is 2.61. The number of aryl methyl sites for hydroxylation is 2. The van der Waals surface area contributed by atoms with E-state index in [0.717, 1.165) is 0 Å². The summed E-state index contributed by atoms with van der Waals surface area (Å²) in [5.74, 6) is -5.17. The third-order valence-corrected chi connectivity index (χ3v) is 2.61. The second kappa shape index (κ2) is 4.75. The van der Waals surface area contributed by atoms with E-state index in [4.69, 9.17) is 0 Å². The molecule has 0 spiro atoms. The number of H-pyrrole nitrogens is 1. The van der Waals surface area contributed by atoms with Crippen LogP contribution >= 0.6 is 0 Å². The Balaban J connectivity index is 2.31. The van der Waals surface area contributed by atoms with Gasteiger partial charge in [-0.05, 0) is 26.0 Å². The summed E-state index contributed by atoms with van der Waals surface area (Å²) >= 11 is 0. The molecule has 1 heterocycles. The molecule has 4 nitrogen and oxygen atoms in total. The Kier molecular flexibility index (Phi) is 3.28. The number of rotatable bonds is 2. The van der Waals surface area contributed by atoms with Gasteiger partial charge in [0.05, 0.1) is 17.1 Å². The van der Waals surface area contributed by atoms with E-state index in [1.54, 1.807) is 13.8 Å². The van der Waals surface area contributed by atoms with E-state index in [2.05, 4.69) is 15.5 Å². The molecular formula is C12H10F3N3O. The van der Waals surface area contributed by atoms with Crippen LogP contribution in [0, 0.1) is 31.3 Å². The monoisotopic (exact) mass is 269 g/mol. The lowest BCUT2D eigenvalue weighted by Gasteiger charge is -2.06. The van der Waals surface area contributed by atoms with Crippen molar-refractivity contribution in [2.45, 2.75) is 13.8 Å². The number of carbonyl (C=O) groups is 1. The van der Waals surface area contributed by atoms with E-state index in [1.807, 2.05) is 0 Å². The molecular weight excluding hydrogens is 259 g/mol. The summed E-state index contributed by atoms with van der Waals surface area (Å²) in [4.78, 5) is 11.8. The van der Waals surface area contributed by atoms with Crippen LogP contribution in [0.1, 0.15) is 21.7 Å². The van der Waals surface area contributed by atoms with E-state index in [-0.39, 0.29) is 5.56 Å². The van der Waals surface area contributed by atoms with Gasteiger partial charge in [0.15, 0.2) is 17.5 Å². The summed E-state index contributed by atoms with van der Waals surface area (Å²) in [7, 11) is 0. The molecule has 2 aromatic rings. The number of nitrogens with zero attached hydrogens (tertiary/aromatic N) is 1. The fraction of sp³-hybridized carbons (Fsp3) is 0.167. The smallest absolute Gasteiger partial charge is 0.255 e. The van der Waals surface area contributed by atoms with Crippen LogP contribution in [0.5, 0.6) is 0 Å². The molecule has 2 N–H and O–H groups in total. The van der Waals surface area contributed by atoms with Crippen LogP contribution in [0.4, 0.5) is 18.9 Å². The van der Waals surface area contributed by atoms with Gasteiger partial charge in [0.25, 0.3) is 5.91 Å². The molecule has 0 bridgehead atoms. The molecule has 0 unspecified atom stereocenters. The maximum absolute atomic E-state index is 13.0. The maximum Gasteiger partial charge on any atom is 0.255 e. The highest BCUT2D eigenvalue weighted by molar-refractivity contribution is 6.04. The normalized spacial score (nSPS) is 10.6. The Hall–Kier alpha value is -2.31. The van der Waals surface area contributed by atoms with Crippen molar-refractivity contribution in [2.24, 2.45) is 0 Å². The maximum atomic E-state index is 13.0. The minimum Gasteiger partial charge on any atom is -0.319 e. The van der Waals surface area contributed by atoms with Crippen molar-refractivity contribution in [1.29, 1.82) is 0 Å². The lowest BCUT2D eigenvalue weighted by atomic mass is 10.2. The molecule has 1 amide bonds. The first kappa shape index (κ1) is 13.1. The van der Waals surface area contributed by atoms with Crippen LogP contribution in [0.2, 0.25) is 0 Å². The van der Waals surface area contributed by atoms with Gasteiger partial charge < -0.3 is 5.32 Å². The molecule has 0 aliphatic carbocycles. The second-order valence-corrected chi connectivity index (χ2v) is 4.02. The highest BCUT2D eigenvalue weighted by Crippen LogP contribution is 2.19. The van der Waals surface area contributed by atoms with Gasteiger partial charge in [0.1, 0.15) is 0 Å². The highest BCUT2D eigenvalue weighted by atomic mass is 19.2. The van der Waals surface area contributed by atoms with Gasteiger partial charge >= 0.3 is 0 Å². The molecule has 2 rings (SSSR count). The summed E-state index contributed by atoms with van der Waals surface area (Å²) in [6.45, 7) is 3.34. The fourth-order valence-electron chi connectivity index (χ4n) is 1.61. The predicted octanol–water partition coefficient (Wildman–Crippen LogP) is 2.70. The van der Waals surface area contributed by atoms with Crippen LogP contribution in [0.3, 0.4) is 0 Å². The minimum absolute atomic E-state index is 0.309. The number of nitrogens with one attached hydrogen (secondary N) is 2.